The Labute approximate surface area is 131 Å². The third kappa shape index (κ3) is 15.2. The highest BCUT2D eigenvalue weighted by molar-refractivity contribution is 5.85. The summed E-state index contributed by atoms with van der Waals surface area (Å²) in [7, 11) is 0. The molecule has 0 rings (SSSR count). The highest BCUT2D eigenvalue weighted by atomic mass is 16.4. The molecule has 0 saturated heterocycles. The molecule has 2 nitrogen and oxygen atoms in total. The summed E-state index contributed by atoms with van der Waals surface area (Å²) >= 11 is 0. The van der Waals surface area contributed by atoms with E-state index in [9.17, 15) is 4.79 Å². The van der Waals surface area contributed by atoms with Crippen molar-refractivity contribution < 1.29 is 9.90 Å². The molecule has 1 N–H and O–H groups in total. The summed E-state index contributed by atoms with van der Waals surface area (Å²) in [6, 6.07) is 0. The van der Waals surface area contributed by atoms with Gasteiger partial charge in [-0.3, -0.25) is 0 Å². The molecule has 0 aliphatic rings. The Morgan fingerprint density at radius 2 is 1.29 bits per heavy atom. The Balaban J connectivity index is 3.26. The van der Waals surface area contributed by atoms with Crippen LogP contribution in [0.4, 0.5) is 0 Å². The number of aliphatic carboxylic acids is 1. The molecule has 0 radical (unpaired) electrons. The van der Waals surface area contributed by atoms with E-state index in [2.05, 4.69) is 19.1 Å². The second kappa shape index (κ2) is 15.3. The zero-order valence-electron chi connectivity index (χ0n) is 14.1. The number of carbonyl (C=O) groups is 1. The maximum Gasteiger partial charge on any atom is 0.330 e. The Kier molecular flexibility index (Phi) is 14.6. The first-order valence-corrected chi connectivity index (χ1v) is 8.73. The molecule has 0 atom stereocenters. The van der Waals surface area contributed by atoms with Gasteiger partial charge in [-0.2, -0.15) is 0 Å². The van der Waals surface area contributed by atoms with E-state index in [0.717, 1.165) is 19.3 Å². The molecule has 0 unspecified atom stereocenters. The largest absolute Gasteiger partial charge is 0.478 e. The summed E-state index contributed by atoms with van der Waals surface area (Å²) in [6.45, 7) is 3.92. The second-order valence-electron chi connectivity index (χ2n) is 5.86. The molecule has 0 aliphatic carbocycles. The maximum absolute atomic E-state index is 10.6. The van der Waals surface area contributed by atoms with E-state index < -0.39 is 5.97 Å². The van der Waals surface area contributed by atoms with Crippen LogP contribution < -0.4 is 0 Å². The first kappa shape index (κ1) is 19.9. The zero-order chi connectivity index (χ0) is 15.8. The van der Waals surface area contributed by atoms with Crippen molar-refractivity contribution in [1.82, 2.24) is 0 Å². The van der Waals surface area contributed by atoms with Crippen molar-refractivity contribution in [3.8, 4) is 0 Å². The average Bonchev–Trinajstić information content (AvgIpc) is 2.47. The Hall–Kier alpha value is -1.05. The lowest BCUT2D eigenvalue weighted by molar-refractivity contribution is -0.132. The van der Waals surface area contributed by atoms with Gasteiger partial charge in [-0.15, -0.1) is 0 Å². The molecule has 122 valence electrons. The maximum atomic E-state index is 10.6. The predicted octanol–water partition coefficient (Wildman–Crippen LogP) is 6.27. The van der Waals surface area contributed by atoms with Gasteiger partial charge in [-0.25, -0.2) is 4.79 Å². The van der Waals surface area contributed by atoms with Gasteiger partial charge in [-0.1, -0.05) is 63.7 Å². The lowest BCUT2D eigenvalue weighted by Crippen LogP contribution is -1.95. The molecular weight excluding hydrogens is 260 g/mol. The molecule has 0 saturated carbocycles. The molecule has 0 aliphatic heterocycles. The van der Waals surface area contributed by atoms with E-state index in [-0.39, 0.29) is 0 Å². The minimum Gasteiger partial charge on any atom is -0.478 e. The van der Waals surface area contributed by atoms with Crippen LogP contribution in [-0.2, 0) is 4.79 Å². The van der Waals surface area contributed by atoms with Gasteiger partial charge in [-0.05, 0) is 45.4 Å². The molecule has 0 aromatic carbocycles. The number of hydrogen-bond donors (Lipinski definition) is 1. The fourth-order valence-corrected chi connectivity index (χ4v) is 2.27. The number of carboxylic acid groups (broad SMARTS) is 1. The van der Waals surface area contributed by atoms with E-state index >= 15 is 0 Å². The molecule has 0 aromatic heterocycles. The van der Waals surface area contributed by atoms with Gasteiger partial charge in [0.15, 0.2) is 0 Å². The highest BCUT2D eigenvalue weighted by Gasteiger charge is 1.97. The Morgan fingerprint density at radius 3 is 1.86 bits per heavy atom. The molecule has 21 heavy (non-hydrogen) atoms. The van der Waals surface area contributed by atoms with E-state index in [1.165, 1.54) is 57.8 Å². The fraction of sp³-hybridized carbons (Fsp3) is 0.737. The summed E-state index contributed by atoms with van der Waals surface area (Å²) in [5.41, 5.74) is 0.467. The van der Waals surface area contributed by atoms with Crippen LogP contribution in [0.25, 0.3) is 0 Å². The molecular formula is C19H34O2. The quantitative estimate of drug-likeness (QED) is 0.233. The van der Waals surface area contributed by atoms with Gasteiger partial charge in [0.2, 0.25) is 0 Å². The third-order valence-corrected chi connectivity index (χ3v) is 3.75. The van der Waals surface area contributed by atoms with Gasteiger partial charge >= 0.3 is 5.97 Å². The molecule has 0 bridgehead atoms. The van der Waals surface area contributed by atoms with Crippen molar-refractivity contribution >= 4 is 5.97 Å². The molecule has 2 heteroatoms. The van der Waals surface area contributed by atoms with E-state index in [1.807, 2.05) is 6.08 Å². The summed E-state index contributed by atoms with van der Waals surface area (Å²) in [6.07, 6.45) is 21.5. The van der Waals surface area contributed by atoms with Crippen LogP contribution in [0.5, 0.6) is 0 Å². The highest BCUT2D eigenvalue weighted by Crippen LogP contribution is 2.09. The minimum atomic E-state index is -0.798. The summed E-state index contributed by atoms with van der Waals surface area (Å²) in [5.74, 6) is -0.798. The predicted molar refractivity (Wildman–Crippen MR) is 91.6 cm³/mol. The standard InChI is InChI=1S/C19H34O2/c1-3-4-5-6-7-8-9-10-11-12-13-14-15-16-17-18(2)19(20)21/h10-11,17H,3-9,12-16H2,1-2H3,(H,20,21)/b11-10-,18-17+. The molecule has 0 amide bonds. The minimum absolute atomic E-state index is 0.467. The number of unbranched alkanes of at least 4 members (excludes halogenated alkanes) is 10. The number of rotatable bonds is 14. The van der Waals surface area contributed by atoms with Crippen LogP contribution >= 0.6 is 0 Å². The van der Waals surface area contributed by atoms with Gasteiger partial charge in [0.1, 0.15) is 0 Å². The van der Waals surface area contributed by atoms with Crippen molar-refractivity contribution in [2.45, 2.75) is 90.9 Å². The SMILES string of the molecule is CCCCCCCC/C=C\CCCCC/C=C(\C)C(=O)O. The molecule has 0 heterocycles. The van der Waals surface area contributed by atoms with Crippen molar-refractivity contribution in [3.05, 3.63) is 23.8 Å². The van der Waals surface area contributed by atoms with Crippen LogP contribution in [0.2, 0.25) is 0 Å². The summed E-state index contributed by atoms with van der Waals surface area (Å²) in [5, 5.41) is 8.71. The van der Waals surface area contributed by atoms with E-state index in [1.54, 1.807) is 6.92 Å². The third-order valence-electron chi connectivity index (χ3n) is 3.75. The Bertz CT molecular complexity index is 303. The van der Waals surface area contributed by atoms with E-state index in [0.29, 0.717) is 5.57 Å². The number of hydrogen-bond acceptors (Lipinski definition) is 1. The lowest BCUT2D eigenvalue weighted by Gasteiger charge is -1.98. The van der Waals surface area contributed by atoms with Crippen LogP contribution in [0.1, 0.15) is 90.9 Å². The summed E-state index contributed by atoms with van der Waals surface area (Å²) in [4.78, 5) is 10.6. The van der Waals surface area contributed by atoms with Crippen molar-refractivity contribution in [2.24, 2.45) is 0 Å². The van der Waals surface area contributed by atoms with Crippen molar-refractivity contribution in [2.75, 3.05) is 0 Å². The van der Waals surface area contributed by atoms with Gasteiger partial charge in [0.25, 0.3) is 0 Å². The summed E-state index contributed by atoms with van der Waals surface area (Å²) < 4.78 is 0. The van der Waals surface area contributed by atoms with Crippen LogP contribution in [0.15, 0.2) is 23.8 Å². The smallest absolute Gasteiger partial charge is 0.330 e. The lowest BCUT2D eigenvalue weighted by atomic mass is 10.1. The van der Waals surface area contributed by atoms with E-state index in [4.69, 9.17) is 5.11 Å². The second-order valence-corrected chi connectivity index (χ2v) is 5.86. The first-order chi connectivity index (χ1) is 10.2. The fourth-order valence-electron chi connectivity index (χ4n) is 2.27. The molecule has 0 fully saturated rings. The normalized spacial score (nSPS) is 12.2. The first-order valence-electron chi connectivity index (χ1n) is 8.73. The number of allylic oxidation sites excluding steroid dienone is 3. The van der Waals surface area contributed by atoms with Crippen LogP contribution in [0.3, 0.4) is 0 Å². The van der Waals surface area contributed by atoms with Crippen LogP contribution in [0, 0.1) is 0 Å². The zero-order valence-corrected chi connectivity index (χ0v) is 14.1. The molecule has 0 aromatic rings. The molecule has 0 spiro atoms. The monoisotopic (exact) mass is 294 g/mol. The number of carboxylic acids is 1. The average molecular weight is 294 g/mol. The van der Waals surface area contributed by atoms with Crippen molar-refractivity contribution in [1.29, 1.82) is 0 Å². The Morgan fingerprint density at radius 1 is 0.810 bits per heavy atom. The van der Waals surface area contributed by atoms with Gasteiger partial charge in [0, 0.05) is 5.57 Å². The van der Waals surface area contributed by atoms with Gasteiger partial charge < -0.3 is 5.11 Å². The van der Waals surface area contributed by atoms with Crippen LogP contribution in [-0.4, -0.2) is 11.1 Å². The topological polar surface area (TPSA) is 37.3 Å². The van der Waals surface area contributed by atoms with Crippen molar-refractivity contribution in [3.63, 3.8) is 0 Å². The van der Waals surface area contributed by atoms with Gasteiger partial charge in [0.05, 0.1) is 0 Å².